The van der Waals surface area contributed by atoms with E-state index in [9.17, 15) is 5.11 Å². The van der Waals surface area contributed by atoms with E-state index in [4.69, 9.17) is 12.2 Å². The normalized spacial score (nSPS) is 41.0. The Morgan fingerprint density at radius 1 is 1.45 bits per heavy atom. The van der Waals surface area contributed by atoms with Crippen molar-refractivity contribution in [3.63, 3.8) is 0 Å². The summed E-state index contributed by atoms with van der Waals surface area (Å²) in [7, 11) is 0. The highest BCUT2D eigenvalue weighted by atomic mass is 32.1. The summed E-state index contributed by atoms with van der Waals surface area (Å²) in [6.45, 7) is 12.8. The van der Waals surface area contributed by atoms with Crippen LogP contribution in [0.4, 0.5) is 0 Å². The predicted octanol–water partition coefficient (Wildman–Crippen LogP) is 2.33. The third kappa shape index (κ3) is 1.75. The van der Waals surface area contributed by atoms with E-state index in [0.717, 1.165) is 12.1 Å². The smallest absolute Gasteiger partial charge is 0.192 e. The molecule has 0 aromatic carbocycles. The van der Waals surface area contributed by atoms with Crippen LogP contribution in [0.2, 0.25) is 0 Å². The molecule has 20 heavy (non-hydrogen) atoms. The van der Waals surface area contributed by atoms with Crippen molar-refractivity contribution < 1.29 is 5.11 Å². The quantitative estimate of drug-likeness (QED) is 0.673. The Balaban J connectivity index is 1.85. The second-order valence-electron chi connectivity index (χ2n) is 8.25. The van der Waals surface area contributed by atoms with Crippen LogP contribution in [-0.4, -0.2) is 32.2 Å². The number of fused-ring (bicyclic) bond motifs is 3. The molecule has 4 atom stereocenters. The Labute approximate surface area is 126 Å². The van der Waals surface area contributed by atoms with Crippen molar-refractivity contribution in [3.8, 4) is 0 Å². The zero-order valence-corrected chi connectivity index (χ0v) is 14.0. The highest BCUT2D eigenvalue weighted by Gasteiger charge is 2.75. The first-order valence-electron chi connectivity index (χ1n) is 7.38. The molecule has 4 nitrogen and oxygen atoms in total. The number of hydrogen-bond donors (Lipinski definition) is 2. The minimum atomic E-state index is -0.912. The summed E-state index contributed by atoms with van der Waals surface area (Å²) in [6.07, 6.45) is 0.766. The van der Waals surface area contributed by atoms with Crippen LogP contribution >= 0.6 is 12.2 Å². The van der Waals surface area contributed by atoms with Gasteiger partial charge in [0.15, 0.2) is 10.8 Å². The molecular weight excluding hydrogens is 270 g/mol. The topological polar surface area (TPSA) is 47.9 Å². The van der Waals surface area contributed by atoms with Gasteiger partial charge in [-0.3, -0.25) is 0 Å². The highest BCUT2D eigenvalue weighted by Crippen LogP contribution is 2.73. The van der Waals surface area contributed by atoms with Crippen LogP contribution < -0.4 is 5.32 Å². The van der Waals surface area contributed by atoms with E-state index in [1.165, 1.54) is 0 Å². The van der Waals surface area contributed by atoms with Crippen molar-refractivity contribution in [2.75, 3.05) is 0 Å². The van der Waals surface area contributed by atoms with Crippen molar-refractivity contribution in [3.05, 3.63) is 0 Å². The molecular formula is C15H25N3OS. The molecule has 5 heteroatoms. The van der Waals surface area contributed by atoms with Gasteiger partial charge in [0.2, 0.25) is 0 Å². The predicted molar refractivity (Wildman–Crippen MR) is 84.3 cm³/mol. The lowest BCUT2D eigenvalue weighted by atomic mass is 9.84. The molecule has 0 bridgehead atoms. The fraction of sp³-hybridized carbons (Fsp3) is 0.867. The summed E-state index contributed by atoms with van der Waals surface area (Å²) in [5.74, 6) is 1.25. The van der Waals surface area contributed by atoms with E-state index in [0.29, 0.717) is 22.4 Å². The number of nitrogens with zero attached hydrogens (tertiary/aromatic N) is 2. The molecule has 0 amide bonds. The highest BCUT2D eigenvalue weighted by molar-refractivity contribution is 7.80. The van der Waals surface area contributed by atoms with Crippen molar-refractivity contribution in [1.29, 1.82) is 0 Å². The molecule has 0 aromatic heterocycles. The number of hydrazone groups is 1. The number of thiocarbonyl (C=S) groups is 1. The summed E-state index contributed by atoms with van der Waals surface area (Å²) in [6, 6.07) is 0. The monoisotopic (exact) mass is 295 g/mol. The maximum Gasteiger partial charge on any atom is 0.192 e. The largest absolute Gasteiger partial charge is 0.368 e. The summed E-state index contributed by atoms with van der Waals surface area (Å²) in [5.41, 5.74) is 0.312. The van der Waals surface area contributed by atoms with E-state index >= 15 is 0 Å². The van der Waals surface area contributed by atoms with Crippen LogP contribution in [0.25, 0.3) is 0 Å². The van der Waals surface area contributed by atoms with Gasteiger partial charge in [-0.25, -0.2) is 5.01 Å². The summed E-state index contributed by atoms with van der Waals surface area (Å²) in [4.78, 5) is 0. The molecule has 112 valence electrons. The molecule has 2 N–H and O–H groups in total. The van der Waals surface area contributed by atoms with Gasteiger partial charge in [0.05, 0.1) is 5.92 Å². The zero-order chi connectivity index (χ0) is 15.1. The molecule has 0 aromatic rings. The lowest BCUT2D eigenvalue weighted by Crippen LogP contribution is -2.56. The molecule has 3 aliphatic rings. The Morgan fingerprint density at radius 2 is 2.05 bits per heavy atom. The molecule has 0 spiro atoms. The van der Waals surface area contributed by atoms with Crippen LogP contribution in [0.5, 0.6) is 0 Å². The second kappa shape index (κ2) is 3.74. The first kappa shape index (κ1) is 14.3. The minimum absolute atomic E-state index is 0.127. The van der Waals surface area contributed by atoms with Gasteiger partial charge >= 0.3 is 0 Å². The fourth-order valence-corrected chi connectivity index (χ4v) is 4.80. The average Bonchev–Trinajstić information content (AvgIpc) is 2.56. The SMILES string of the molecule is CC1=NN(C(=S)NC(C)(C)C)[C@]2(O)C[C@@H]3C([C@@H]12)C3(C)C. The van der Waals surface area contributed by atoms with Gasteiger partial charge in [-0.15, -0.1) is 0 Å². The van der Waals surface area contributed by atoms with Gasteiger partial charge < -0.3 is 10.4 Å². The summed E-state index contributed by atoms with van der Waals surface area (Å²) >= 11 is 5.47. The number of rotatable bonds is 0. The van der Waals surface area contributed by atoms with Crippen molar-refractivity contribution >= 4 is 23.0 Å². The average molecular weight is 295 g/mol. The van der Waals surface area contributed by atoms with Gasteiger partial charge in [0.1, 0.15) is 0 Å². The van der Waals surface area contributed by atoms with E-state index in [1.807, 2.05) is 6.92 Å². The van der Waals surface area contributed by atoms with E-state index in [2.05, 4.69) is 45.0 Å². The first-order valence-corrected chi connectivity index (χ1v) is 7.79. The molecule has 1 unspecified atom stereocenters. The van der Waals surface area contributed by atoms with Gasteiger partial charge in [-0.1, -0.05) is 13.8 Å². The molecule has 0 radical (unpaired) electrons. The summed E-state index contributed by atoms with van der Waals surface area (Å²) < 4.78 is 0. The van der Waals surface area contributed by atoms with Crippen LogP contribution in [0.3, 0.4) is 0 Å². The van der Waals surface area contributed by atoms with Gasteiger partial charge in [-0.2, -0.15) is 5.10 Å². The van der Waals surface area contributed by atoms with E-state index in [-0.39, 0.29) is 11.5 Å². The van der Waals surface area contributed by atoms with Crippen LogP contribution in [0.1, 0.15) is 48.0 Å². The third-order valence-electron chi connectivity index (χ3n) is 5.27. The van der Waals surface area contributed by atoms with Crippen molar-refractivity contribution in [1.82, 2.24) is 10.3 Å². The third-order valence-corrected chi connectivity index (χ3v) is 5.54. The second-order valence-corrected chi connectivity index (χ2v) is 8.63. The van der Waals surface area contributed by atoms with Crippen LogP contribution in [0, 0.1) is 23.2 Å². The maximum atomic E-state index is 11.1. The lowest BCUT2D eigenvalue weighted by Gasteiger charge is -2.38. The van der Waals surface area contributed by atoms with Gasteiger partial charge in [0.25, 0.3) is 0 Å². The van der Waals surface area contributed by atoms with Crippen LogP contribution in [0.15, 0.2) is 5.10 Å². The Hall–Kier alpha value is -0.680. The Morgan fingerprint density at radius 3 is 2.60 bits per heavy atom. The van der Waals surface area contributed by atoms with Crippen LogP contribution in [-0.2, 0) is 0 Å². The van der Waals surface area contributed by atoms with E-state index in [1.54, 1.807) is 5.01 Å². The molecule has 2 fully saturated rings. The molecule has 0 saturated heterocycles. The summed E-state index contributed by atoms with van der Waals surface area (Å²) in [5, 5.41) is 21.2. The Kier molecular flexibility index (Phi) is 2.67. The Bertz CT molecular complexity index is 508. The number of aliphatic hydroxyl groups is 1. The van der Waals surface area contributed by atoms with Gasteiger partial charge in [-0.05, 0) is 57.2 Å². The lowest BCUT2D eigenvalue weighted by molar-refractivity contribution is -0.0864. The van der Waals surface area contributed by atoms with E-state index < -0.39 is 5.72 Å². The van der Waals surface area contributed by atoms with Crippen molar-refractivity contribution in [2.24, 2.45) is 28.3 Å². The number of nitrogens with one attached hydrogen (secondary N) is 1. The van der Waals surface area contributed by atoms with Gasteiger partial charge in [0, 0.05) is 17.7 Å². The molecule has 1 aliphatic heterocycles. The molecule has 3 rings (SSSR count). The standard InChI is InChI=1S/C15H25N3OS/c1-8-10-11-9(14(11,5)6)7-15(10,19)18(17-8)12(20)16-13(2,3)4/h9-11,19H,7H2,1-6H3,(H,16,20)/t9-,10-,11?,15+/m1/s1. The maximum absolute atomic E-state index is 11.1. The molecule has 2 saturated carbocycles. The molecule has 1 heterocycles. The number of hydrogen-bond acceptors (Lipinski definition) is 3. The minimum Gasteiger partial charge on any atom is -0.368 e. The fourth-order valence-electron chi connectivity index (χ4n) is 4.29. The van der Waals surface area contributed by atoms with Crippen molar-refractivity contribution in [2.45, 2.75) is 59.2 Å². The zero-order valence-electron chi connectivity index (χ0n) is 13.2. The molecule has 2 aliphatic carbocycles. The first-order chi connectivity index (χ1) is 8.98.